The van der Waals surface area contributed by atoms with Crippen LogP contribution in [0.25, 0.3) is 5.52 Å². The topological polar surface area (TPSA) is 78.8 Å². The number of fused-ring (bicyclic) bond motifs is 1. The Kier molecular flexibility index (Phi) is 4.01. The highest BCUT2D eigenvalue weighted by Crippen LogP contribution is 2.25. The number of hydrogen-bond acceptors (Lipinski definition) is 5. The maximum atomic E-state index is 11.8. The van der Waals surface area contributed by atoms with Crippen molar-refractivity contribution >= 4 is 11.5 Å². The quantitative estimate of drug-likeness (QED) is 0.815. The molecule has 2 aromatic rings. The molecular weight excluding hydrogens is 246 g/mol. The summed E-state index contributed by atoms with van der Waals surface area (Å²) in [5.74, 6) is 0.898. The maximum Gasteiger partial charge on any atom is 0.359 e. The minimum atomic E-state index is -0.471. The third-order valence-electron chi connectivity index (χ3n) is 2.90. The van der Waals surface area contributed by atoms with Gasteiger partial charge in [-0.1, -0.05) is 0 Å². The predicted molar refractivity (Wildman–Crippen MR) is 70.5 cm³/mol. The summed E-state index contributed by atoms with van der Waals surface area (Å²) in [4.78, 5) is 16.2. The number of imidazole rings is 1. The van der Waals surface area contributed by atoms with Gasteiger partial charge in [-0.25, -0.2) is 9.78 Å². The van der Waals surface area contributed by atoms with Crippen molar-refractivity contribution in [3.63, 3.8) is 0 Å². The van der Waals surface area contributed by atoms with Crippen LogP contribution in [0.4, 0.5) is 0 Å². The Labute approximate surface area is 111 Å². The predicted octanol–water partition coefficient (Wildman–Crippen LogP) is 1.02. The first-order chi connectivity index (χ1) is 9.22. The molecule has 2 heterocycles. The first-order valence-electron chi connectivity index (χ1n) is 6.05. The zero-order valence-electron chi connectivity index (χ0n) is 11.0. The molecule has 0 atom stereocenters. The highest BCUT2D eigenvalue weighted by atomic mass is 16.5. The van der Waals surface area contributed by atoms with E-state index in [9.17, 15) is 4.79 Å². The Morgan fingerprint density at radius 2 is 2.26 bits per heavy atom. The van der Waals surface area contributed by atoms with Crippen LogP contribution in [0.2, 0.25) is 0 Å². The zero-order valence-corrected chi connectivity index (χ0v) is 11.0. The van der Waals surface area contributed by atoms with Gasteiger partial charge in [-0.05, 0) is 25.1 Å². The number of carbonyl (C=O) groups excluding carboxylic acids is 1. The van der Waals surface area contributed by atoms with E-state index in [-0.39, 0.29) is 5.69 Å². The third kappa shape index (κ3) is 2.39. The van der Waals surface area contributed by atoms with E-state index in [0.717, 1.165) is 12.2 Å². The SMILES string of the molecule is COC(=O)c1nc(CCCN)n2cccc(OC)c12. The van der Waals surface area contributed by atoms with Gasteiger partial charge in [0.25, 0.3) is 0 Å². The smallest absolute Gasteiger partial charge is 0.359 e. The van der Waals surface area contributed by atoms with Gasteiger partial charge in [0.1, 0.15) is 17.1 Å². The van der Waals surface area contributed by atoms with E-state index in [1.807, 2.05) is 16.7 Å². The number of methoxy groups -OCH3 is 2. The Balaban J connectivity index is 2.62. The molecule has 6 nitrogen and oxygen atoms in total. The number of aryl methyl sites for hydroxylation is 1. The van der Waals surface area contributed by atoms with Crippen molar-refractivity contribution in [2.45, 2.75) is 12.8 Å². The van der Waals surface area contributed by atoms with Crippen molar-refractivity contribution < 1.29 is 14.3 Å². The third-order valence-corrected chi connectivity index (χ3v) is 2.90. The number of carbonyl (C=O) groups is 1. The summed E-state index contributed by atoms with van der Waals surface area (Å²) < 4.78 is 11.9. The molecule has 0 aromatic carbocycles. The average molecular weight is 263 g/mol. The van der Waals surface area contributed by atoms with Gasteiger partial charge < -0.3 is 15.2 Å². The number of rotatable bonds is 5. The van der Waals surface area contributed by atoms with Crippen LogP contribution in [-0.4, -0.2) is 36.1 Å². The van der Waals surface area contributed by atoms with E-state index in [1.54, 1.807) is 13.2 Å². The van der Waals surface area contributed by atoms with Gasteiger partial charge in [0.05, 0.1) is 14.2 Å². The lowest BCUT2D eigenvalue weighted by Crippen LogP contribution is -2.04. The Hall–Kier alpha value is -2.08. The van der Waals surface area contributed by atoms with Crippen LogP contribution in [0.3, 0.4) is 0 Å². The number of esters is 1. The fourth-order valence-corrected chi connectivity index (χ4v) is 2.01. The lowest BCUT2D eigenvalue weighted by atomic mass is 10.3. The summed E-state index contributed by atoms with van der Waals surface area (Å²) in [6, 6.07) is 3.64. The highest BCUT2D eigenvalue weighted by Gasteiger charge is 2.20. The van der Waals surface area contributed by atoms with Crippen LogP contribution < -0.4 is 10.5 Å². The molecule has 0 radical (unpaired) electrons. The largest absolute Gasteiger partial charge is 0.494 e. The summed E-state index contributed by atoms with van der Waals surface area (Å²) >= 11 is 0. The molecular formula is C13H17N3O3. The number of pyridine rings is 1. The number of aromatic nitrogens is 2. The lowest BCUT2D eigenvalue weighted by molar-refractivity contribution is 0.0596. The van der Waals surface area contributed by atoms with Crippen molar-refractivity contribution in [3.8, 4) is 5.75 Å². The first-order valence-corrected chi connectivity index (χ1v) is 6.05. The number of nitrogens with two attached hydrogens (primary N) is 1. The molecule has 0 amide bonds. The molecule has 0 aliphatic heterocycles. The van der Waals surface area contributed by atoms with E-state index in [0.29, 0.717) is 24.2 Å². The van der Waals surface area contributed by atoms with Crippen LogP contribution in [0, 0.1) is 0 Å². The van der Waals surface area contributed by atoms with Gasteiger partial charge in [0.15, 0.2) is 5.69 Å². The lowest BCUT2D eigenvalue weighted by Gasteiger charge is -2.05. The minimum Gasteiger partial charge on any atom is -0.494 e. The first kappa shape index (κ1) is 13.4. The second-order valence-electron chi connectivity index (χ2n) is 4.06. The van der Waals surface area contributed by atoms with Crippen LogP contribution in [0.15, 0.2) is 18.3 Å². The highest BCUT2D eigenvalue weighted by molar-refractivity contribution is 5.97. The molecule has 6 heteroatoms. The summed E-state index contributed by atoms with van der Waals surface area (Å²) in [7, 11) is 2.89. The molecule has 2 rings (SSSR count). The fourth-order valence-electron chi connectivity index (χ4n) is 2.01. The van der Waals surface area contributed by atoms with E-state index in [2.05, 4.69) is 4.98 Å². The second-order valence-corrected chi connectivity index (χ2v) is 4.06. The maximum absolute atomic E-state index is 11.8. The molecule has 0 unspecified atom stereocenters. The van der Waals surface area contributed by atoms with E-state index in [4.69, 9.17) is 15.2 Å². The van der Waals surface area contributed by atoms with Crippen molar-refractivity contribution in [1.82, 2.24) is 9.38 Å². The Bertz CT molecular complexity index is 592. The minimum absolute atomic E-state index is 0.270. The van der Waals surface area contributed by atoms with Crippen LogP contribution >= 0.6 is 0 Å². The number of hydrogen-bond donors (Lipinski definition) is 1. The fraction of sp³-hybridized carbons (Fsp3) is 0.385. The molecule has 102 valence electrons. The van der Waals surface area contributed by atoms with Gasteiger partial charge in [0, 0.05) is 12.6 Å². The molecule has 0 bridgehead atoms. The zero-order chi connectivity index (χ0) is 13.8. The molecule has 0 fully saturated rings. The molecule has 2 N–H and O–H groups in total. The number of nitrogens with zero attached hydrogens (tertiary/aromatic N) is 2. The summed E-state index contributed by atoms with van der Waals surface area (Å²) in [6.45, 7) is 0.576. The Morgan fingerprint density at radius 3 is 2.89 bits per heavy atom. The standard InChI is InChI=1S/C13H17N3O3/c1-18-9-5-4-8-16-10(6-3-7-14)15-11(12(9)16)13(17)19-2/h4-5,8H,3,6-7,14H2,1-2H3. The normalized spacial score (nSPS) is 10.7. The van der Waals surface area contributed by atoms with Crippen molar-refractivity contribution in [2.24, 2.45) is 5.73 Å². The van der Waals surface area contributed by atoms with E-state index >= 15 is 0 Å². The van der Waals surface area contributed by atoms with E-state index < -0.39 is 5.97 Å². The van der Waals surface area contributed by atoms with Crippen LogP contribution in [0.5, 0.6) is 5.75 Å². The van der Waals surface area contributed by atoms with Crippen molar-refractivity contribution in [3.05, 3.63) is 29.8 Å². The van der Waals surface area contributed by atoms with Gasteiger partial charge in [-0.2, -0.15) is 0 Å². The molecule has 19 heavy (non-hydrogen) atoms. The van der Waals surface area contributed by atoms with Crippen LogP contribution in [0.1, 0.15) is 22.7 Å². The molecule has 0 saturated carbocycles. The van der Waals surface area contributed by atoms with E-state index in [1.165, 1.54) is 7.11 Å². The van der Waals surface area contributed by atoms with Gasteiger partial charge in [-0.15, -0.1) is 0 Å². The molecule has 2 aromatic heterocycles. The summed E-state index contributed by atoms with van der Waals surface area (Å²) in [5, 5.41) is 0. The van der Waals surface area contributed by atoms with Gasteiger partial charge >= 0.3 is 5.97 Å². The molecule has 0 spiro atoms. The van der Waals surface area contributed by atoms with Gasteiger partial charge in [0.2, 0.25) is 0 Å². The summed E-state index contributed by atoms with van der Waals surface area (Å²) in [6.07, 6.45) is 3.35. The Morgan fingerprint density at radius 1 is 1.47 bits per heavy atom. The molecule has 0 aliphatic rings. The van der Waals surface area contributed by atoms with Crippen molar-refractivity contribution in [2.75, 3.05) is 20.8 Å². The number of ether oxygens (including phenoxy) is 2. The monoisotopic (exact) mass is 263 g/mol. The average Bonchev–Trinajstić information content (AvgIpc) is 2.83. The second kappa shape index (κ2) is 5.71. The molecule has 0 aliphatic carbocycles. The summed E-state index contributed by atoms with van der Waals surface area (Å²) in [5.41, 5.74) is 6.41. The molecule has 0 saturated heterocycles. The van der Waals surface area contributed by atoms with Crippen molar-refractivity contribution in [1.29, 1.82) is 0 Å². The van der Waals surface area contributed by atoms with Gasteiger partial charge in [-0.3, -0.25) is 4.40 Å². The van der Waals surface area contributed by atoms with Crippen LogP contribution in [-0.2, 0) is 11.2 Å².